The van der Waals surface area contributed by atoms with E-state index >= 15 is 0 Å². The number of nitrogens with one attached hydrogen (secondary N) is 1. The molecular formula is C15H21N3O2. The molecular weight excluding hydrogens is 254 g/mol. The molecule has 0 aliphatic rings. The normalized spacial score (nSPS) is 12.6. The summed E-state index contributed by atoms with van der Waals surface area (Å²) in [6.07, 6.45) is 0.491. The van der Waals surface area contributed by atoms with Crippen LogP contribution in [0.3, 0.4) is 0 Å². The fourth-order valence-corrected chi connectivity index (χ4v) is 1.89. The molecule has 2 N–H and O–H groups in total. The Labute approximate surface area is 119 Å². The van der Waals surface area contributed by atoms with Crippen LogP contribution in [0, 0.1) is 23.7 Å². The summed E-state index contributed by atoms with van der Waals surface area (Å²) in [6, 6.07) is 5.01. The van der Waals surface area contributed by atoms with Crippen LogP contribution in [0.2, 0.25) is 0 Å². The third-order valence-corrected chi connectivity index (χ3v) is 3.21. The van der Waals surface area contributed by atoms with Crippen molar-refractivity contribution in [1.82, 2.24) is 10.3 Å². The number of carbonyl (C=O) groups excluding carboxylic acids is 1. The number of aliphatic hydroxyl groups excluding tert-OH is 1. The zero-order valence-electron chi connectivity index (χ0n) is 12.4. The van der Waals surface area contributed by atoms with Gasteiger partial charge < -0.3 is 10.4 Å². The Bertz CT molecular complexity index is 527. The second kappa shape index (κ2) is 6.49. The third kappa shape index (κ3) is 4.04. The minimum atomic E-state index is -0.286. The summed E-state index contributed by atoms with van der Waals surface area (Å²) >= 11 is 0. The van der Waals surface area contributed by atoms with Gasteiger partial charge >= 0.3 is 0 Å². The van der Waals surface area contributed by atoms with Crippen molar-refractivity contribution in [3.05, 3.63) is 29.1 Å². The molecule has 0 aliphatic carbocycles. The van der Waals surface area contributed by atoms with Crippen LogP contribution >= 0.6 is 0 Å². The average Bonchev–Trinajstić information content (AvgIpc) is 2.36. The van der Waals surface area contributed by atoms with E-state index in [0.717, 1.165) is 0 Å². The van der Waals surface area contributed by atoms with E-state index in [4.69, 9.17) is 10.4 Å². The van der Waals surface area contributed by atoms with Crippen LogP contribution in [0.4, 0.5) is 0 Å². The average molecular weight is 275 g/mol. The lowest BCUT2D eigenvalue weighted by molar-refractivity contribution is 0.0880. The molecule has 1 unspecified atom stereocenters. The van der Waals surface area contributed by atoms with Gasteiger partial charge in [0.1, 0.15) is 11.8 Å². The highest BCUT2D eigenvalue weighted by Crippen LogP contribution is 2.22. The lowest BCUT2D eigenvalue weighted by Gasteiger charge is -2.31. The molecule has 108 valence electrons. The summed E-state index contributed by atoms with van der Waals surface area (Å²) in [5.74, 6) is -0.286. The molecule has 0 aromatic carbocycles. The highest BCUT2D eigenvalue weighted by Gasteiger charge is 2.26. The Kier molecular flexibility index (Phi) is 5.23. The quantitative estimate of drug-likeness (QED) is 0.877. The van der Waals surface area contributed by atoms with E-state index in [0.29, 0.717) is 17.7 Å². The Hall–Kier alpha value is -1.93. The summed E-state index contributed by atoms with van der Waals surface area (Å²) in [5, 5.41) is 20.8. The highest BCUT2D eigenvalue weighted by molar-refractivity contribution is 5.92. The molecule has 0 saturated carbocycles. The molecule has 0 radical (unpaired) electrons. The maximum absolute atomic E-state index is 12.2. The largest absolute Gasteiger partial charge is 0.396 e. The van der Waals surface area contributed by atoms with Gasteiger partial charge in [-0.2, -0.15) is 5.26 Å². The van der Waals surface area contributed by atoms with Crippen molar-refractivity contribution in [3.63, 3.8) is 0 Å². The van der Waals surface area contributed by atoms with E-state index in [1.165, 1.54) is 0 Å². The summed E-state index contributed by atoms with van der Waals surface area (Å²) in [7, 11) is 0. The molecule has 0 spiro atoms. The van der Waals surface area contributed by atoms with Crippen LogP contribution in [-0.4, -0.2) is 28.6 Å². The molecule has 0 fully saturated rings. The van der Waals surface area contributed by atoms with E-state index in [2.05, 4.69) is 10.3 Å². The van der Waals surface area contributed by atoms with Crippen molar-refractivity contribution in [2.45, 2.75) is 40.2 Å². The van der Waals surface area contributed by atoms with E-state index in [9.17, 15) is 4.79 Å². The van der Waals surface area contributed by atoms with Gasteiger partial charge in [-0.25, -0.2) is 4.98 Å². The van der Waals surface area contributed by atoms with Gasteiger partial charge in [0.2, 0.25) is 0 Å². The maximum atomic E-state index is 12.2. The Balaban J connectivity index is 2.90. The second-order valence-electron chi connectivity index (χ2n) is 5.85. The highest BCUT2D eigenvalue weighted by atomic mass is 16.3. The number of amides is 1. The molecule has 5 heteroatoms. The van der Waals surface area contributed by atoms with Gasteiger partial charge in [-0.15, -0.1) is 0 Å². The van der Waals surface area contributed by atoms with E-state index in [-0.39, 0.29) is 29.7 Å². The molecule has 1 aromatic rings. The minimum Gasteiger partial charge on any atom is -0.396 e. The van der Waals surface area contributed by atoms with Crippen LogP contribution in [0.1, 0.15) is 48.9 Å². The molecule has 5 nitrogen and oxygen atoms in total. The maximum Gasteiger partial charge on any atom is 0.270 e. The summed E-state index contributed by atoms with van der Waals surface area (Å²) in [5.41, 5.74) is 1.13. The smallest absolute Gasteiger partial charge is 0.270 e. The number of pyridine rings is 1. The van der Waals surface area contributed by atoms with Gasteiger partial charge in [0.15, 0.2) is 0 Å². The number of hydrogen-bond acceptors (Lipinski definition) is 4. The van der Waals surface area contributed by atoms with Crippen LogP contribution in [0.5, 0.6) is 0 Å². The Morgan fingerprint density at radius 3 is 2.60 bits per heavy atom. The molecule has 20 heavy (non-hydrogen) atoms. The molecule has 1 heterocycles. The Morgan fingerprint density at radius 2 is 2.15 bits per heavy atom. The minimum absolute atomic E-state index is 0.0159. The van der Waals surface area contributed by atoms with Crippen molar-refractivity contribution in [1.29, 1.82) is 5.26 Å². The predicted octanol–water partition coefficient (Wildman–Crippen LogP) is 1.79. The van der Waals surface area contributed by atoms with Crippen molar-refractivity contribution >= 4 is 5.91 Å². The number of hydrogen-bond donors (Lipinski definition) is 2. The van der Waals surface area contributed by atoms with Crippen LogP contribution in [-0.2, 0) is 0 Å². The SMILES string of the molecule is Cc1nc(C(=O)NC(CCO)C(C)(C)C)ccc1C#N. The summed E-state index contributed by atoms with van der Waals surface area (Å²) in [6.45, 7) is 7.73. The number of aliphatic hydroxyl groups is 1. The number of rotatable bonds is 4. The molecule has 0 saturated heterocycles. The van der Waals surface area contributed by atoms with Gasteiger partial charge in [-0.3, -0.25) is 4.79 Å². The molecule has 1 rings (SSSR count). The summed E-state index contributed by atoms with van der Waals surface area (Å²) in [4.78, 5) is 16.3. The zero-order chi connectivity index (χ0) is 15.3. The number of nitrogens with zero attached hydrogens (tertiary/aromatic N) is 2. The fraction of sp³-hybridized carbons (Fsp3) is 0.533. The first-order valence-corrected chi connectivity index (χ1v) is 6.59. The number of aryl methyl sites for hydroxylation is 1. The zero-order valence-corrected chi connectivity index (χ0v) is 12.4. The lowest BCUT2D eigenvalue weighted by Crippen LogP contribution is -2.44. The van der Waals surface area contributed by atoms with Gasteiger partial charge in [-0.05, 0) is 30.9 Å². The number of carbonyl (C=O) groups is 1. The predicted molar refractivity (Wildman–Crippen MR) is 76.1 cm³/mol. The van der Waals surface area contributed by atoms with E-state index in [1.807, 2.05) is 26.8 Å². The van der Waals surface area contributed by atoms with Crippen molar-refractivity contribution in [2.24, 2.45) is 5.41 Å². The van der Waals surface area contributed by atoms with Crippen molar-refractivity contribution < 1.29 is 9.90 Å². The number of nitriles is 1. The monoisotopic (exact) mass is 275 g/mol. The van der Waals surface area contributed by atoms with Crippen LogP contribution in [0.25, 0.3) is 0 Å². The first kappa shape index (κ1) is 16.1. The van der Waals surface area contributed by atoms with Gasteiger partial charge in [-0.1, -0.05) is 20.8 Å². The van der Waals surface area contributed by atoms with E-state index < -0.39 is 0 Å². The third-order valence-electron chi connectivity index (χ3n) is 3.21. The second-order valence-corrected chi connectivity index (χ2v) is 5.85. The molecule has 1 amide bonds. The molecule has 1 aromatic heterocycles. The Morgan fingerprint density at radius 1 is 1.50 bits per heavy atom. The molecule has 1 atom stereocenters. The number of aromatic nitrogens is 1. The van der Waals surface area contributed by atoms with Crippen LogP contribution < -0.4 is 5.32 Å². The standard InChI is InChI=1S/C15H21N3O2/c1-10-11(9-16)5-6-12(17-10)14(20)18-13(7-8-19)15(2,3)4/h5-6,13,19H,7-8H2,1-4H3,(H,18,20). The van der Waals surface area contributed by atoms with Gasteiger partial charge in [0, 0.05) is 12.6 Å². The summed E-state index contributed by atoms with van der Waals surface area (Å²) < 4.78 is 0. The first-order chi connectivity index (χ1) is 9.29. The fourth-order valence-electron chi connectivity index (χ4n) is 1.89. The topological polar surface area (TPSA) is 86.0 Å². The first-order valence-electron chi connectivity index (χ1n) is 6.59. The van der Waals surface area contributed by atoms with Gasteiger partial charge in [0.25, 0.3) is 5.91 Å². The van der Waals surface area contributed by atoms with Crippen molar-refractivity contribution in [2.75, 3.05) is 6.61 Å². The van der Waals surface area contributed by atoms with Gasteiger partial charge in [0.05, 0.1) is 11.3 Å². The van der Waals surface area contributed by atoms with Crippen LogP contribution in [0.15, 0.2) is 12.1 Å². The van der Waals surface area contributed by atoms with E-state index in [1.54, 1.807) is 19.1 Å². The molecule has 0 aliphatic heterocycles. The lowest BCUT2D eigenvalue weighted by atomic mass is 9.85. The molecule has 0 bridgehead atoms. The van der Waals surface area contributed by atoms with Crippen molar-refractivity contribution in [3.8, 4) is 6.07 Å².